The van der Waals surface area contributed by atoms with E-state index < -0.39 is 0 Å². The van der Waals surface area contributed by atoms with E-state index in [1.54, 1.807) is 25.5 Å². The summed E-state index contributed by atoms with van der Waals surface area (Å²) in [7, 11) is 3.42. The zero-order valence-corrected chi connectivity index (χ0v) is 19.5. The van der Waals surface area contributed by atoms with Crippen LogP contribution in [0, 0.1) is 0 Å². The third kappa shape index (κ3) is 7.53. The van der Waals surface area contributed by atoms with Gasteiger partial charge in [-0.05, 0) is 31.0 Å². The van der Waals surface area contributed by atoms with Gasteiger partial charge in [-0.2, -0.15) is 0 Å². The number of aliphatic imine (C=N–C) groups is 1. The SMILES string of the molecule is CCOc1cc(CNC(=NC)NCCc2ncc(CC)s2)ccc1OC.I. The topological polar surface area (TPSA) is 67.8 Å². The predicted octanol–water partition coefficient (Wildman–Crippen LogP) is 3.64. The number of nitrogens with one attached hydrogen (secondary N) is 2. The number of aromatic nitrogens is 1. The maximum atomic E-state index is 5.62. The van der Waals surface area contributed by atoms with Gasteiger partial charge in [0.25, 0.3) is 0 Å². The number of benzene rings is 1. The average Bonchev–Trinajstić information content (AvgIpc) is 3.13. The minimum atomic E-state index is 0. The molecule has 0 spiro atoms. The maximum Gasteiger partial charge on any atom is 0.191 e. The Balaban J connectivity index is 0.00000364. The number of guanidine groups is 1. The van der Waals surface area contributed by atoms with Gasteiger partial charge >= 0.3 is 0 Å². The van der Waals surface area contributed by atoms with E-state index in [1.807, 2.05) is 31.3 Å². The summed E-state index contributed by atoms with van der Waals surface area (Å²) in [5, 5.41) is 7.80. The molecule has 2 aromatic rings. The molecular weight excluding hydrogens is 475 g/mol. The Morgan fingerprint density at radius 2 is 2.04 bits per heavy atom. The van der Waals surface area contributed by atoms with Gasteiger partial charge in [-0.1, -0.05) is 13.0 Å². The molecule has 0 bridgehead atoms. The van der Waals surface area contributed by atoms with Crippen molar-refractivity contribution in [1.82, 2.24) is 15.6 Å². The molecule has 0 aliphatic heterocycles. The Morgan fingerprint density at radius 3 is 2.67 bits per heavy atom. The van der Waals surface area contributed by atoms with Crippen molar-refractivity contribution >= 4 is 41.3 Å². The molecule has 0 unspecified atom stereocenters. The number of halogens is 1. The minimum absolute atomic E-state index is 0. The second-order valence-electron chi connectivity index (χ2n) is 5.59. The van der Waals surface area contributed by atoms with Crippen molar-refractivity contribution in [3.8, 4) is 11.5 Å². The number of ether oxygens (including phenoxy) is 2. The van der Waals surface area contributed by atoms with Crippen molar-refractivity contribution in [3.63, 3.8) is 0 Å². The second kappa shape index (κ2) is 12.8. The lowest BCUT2D eigenvalue weighted by Gasteiger charge is -2.14. The van der Waals surface area contributed by atoms with E-state index in [4.69, 9.17) is 9.47 Å². The summed E-state index contributed by atoms with van der Waals surface area (Å²) in [4.78, 5) is 10.0. The summed E-state index contributed by atoms with van der Waals surface area (Å²) in [6.45, 7) is 6.16. The second-order valence-corrected chi connectivity index (χ2v) is 6.79. The van der Waals surface area contributed by atoms with Crippen LogP contribution in [0.15, 0.2) is 29.4 Å². The van der Waals surface area contributed by atoms with Gasteiger partial charge in [0.05, 0.1) is 18.7 Å². The van der Waals surface area contributed by atoms with Crippen LogP contribution in [0.25, 0.3) is 0 Å². The Hall–Kier alpha value is -1.55. The van der Waals surface area contributed by atoms with Crippen LogP contribution in [0.3, 0.4) is 0 Å². The van der Waals surface area contributed by atoms with E-state index in [2.05, 4.69) is 27.5 Å². The lowest BCUT2D eigenvalue weighted by Crippen LogP contribution is -2.37. The number of methoxy groups -OCH3 is 1. The van der Waals surface area contributed by atoms with Crippen LogP contribution in [0.4, 0.5) is 0 Å². The normalized spacial score (nSPS) is 10.9. The van der Waals surface area contributed by atoms with Crippen molar-refractivity contribution in [3.05, 3.63) is 39.8 Å². The fourth-order valence-electron chi connectivity index (χ4n) is 2.42. The first-order chi connectivity index (χ1) is 12.7. The zero-order valence-electron chi connectivity index (χ0n) is 16.4. The van der Waals surface area contributed by atoms with E-state index in [-0.39, 0.29) is 24.0 Å². The molecule has 27 heavy (non-hydrogen) atoms. The van der Waals surface area contributed by atoms with Crippen LogP contribution in [0.1, 0.15) is 29.3 Å². The van der Waals surface area contributed by atoms with E-state index in [1.165, 1.54) is 4.88 Å². The van der Waals surface area contributed by atoms with Gasteiger partial charge in [-0.15, -0.1) is 35.3 Å². The highest BCUT2D eigenvalue weighted by molar-refractivity contribution is 14.0. The van der Waals surface area contributed by atoms with Crippen molar-refractivity contribution in [2.24, 2.45) is 4.99 Å². The Kier molecular flexibility index (Phi) is 11.1. The fourth-order valence-corrected chi connectivity index (χ4v) is 3.28. The summed E-state index contributed by atoms with van der Waals surface area (Å²) < 4.78 is 10.9. The molecule has 1 aromatic heterocycles. The summed E-state index contributed by atoms with van der Waals surface area (Å²) >= 11 is 1.77. The molecule has 0 radical (unpaired) electrons. The van der Waals surface area contributed by atoms with Crippen molar-refractivity contribution in [2.45, 2.75) is 33.2 Å². The molecule has 2 N–H and O–H groups in total. The van der Waals surface area contributed by atoms with Gasteiger partial charge in [-0.25, -0.2) is 4.98 Å². The first kappa shape index (κ1) is 23.5. The van der Waals surface area contributed by atoms with Crippen LogP contribution >= 0.6 is 35.3 Å². The monoisotopic (exact) mass is 504 g/mol. The molecule has 0 fully saturated rings. The summed E-state index contributed by atoms with van der Waals surface area (Å²) in [5.41, 5.74) is 1.10. The smallest absolute Gasteiger partial charge is 0.191 e. The molecule has 2 rings (SSSR count). The Bertz CT molecular complexity index is 721. The fraction of sp³-hybridized carbons (Fsp3) is 0.474. The van der Waals surface area contributed by atoms with Gasteiger partial charge in [-0.3, -0.25) is 4.99 Å². The third-order valence-electron chi connectivity index (χ3n) is 3.79. The largest absolute Gasteiger partial charge is 0.493 e. The third-order valence-corrected chi connectivity index (χ3v) is 4.99. The first-order valence-electron chi connectivity index (χ1n) is 8.87. The molecular formula is C19H29IN4O2S. The molecule has 1 aromatic carbocycles. The lowest BCUT2D eigenvalue weighted by atomic mass is 10.2. The highest BCUT2D eigenvalue weighted by atomic mass is 127. The minimum Gasteiger partial charge on any atom is -0.493 e. The Labute approximate surface area is 182 Å². The maximum absolute atomic E-state index is 5.62. The van der Waals surface area contributed by atoms with Crippen LogP contribution in [-0.2, 0) is 19.4 Å². The van der Waals surface area contributed by atoms with E-state index in [9.17, 15) is 0 Å². The highest BCUT2D eigenvalue weighted by Crippen LogP contribution is 2.27. The number of thiazole rings is 1. The van der Waals surface area contributed by atoms with Crippen LogP contribution in [-0.4, -0.2) is 38.3 Å². The van der Waals surface area contributed by atoms with Gasteiger partial charge in [0.1, 0.15) is 0 Å². The molecule has 0 saturated heterocycles. The Morgan fingerprint density at radius 1 is 1.22 bits per heavy atom. The van der Waals surface area contributed by atoms with Gasteiger partial charge < -0.3 is 20.1 Å². The van der Waals surface area contributed by atoms with Gasteiger partial charge in [0.2, 0.25) is 0 Å². The summed E-state index contributed by atoms with van der Waals surface area (Å²) in [6, 6.07) is 5.93. The van der Waals surface area contributed by atoms with Crippen LogP contribution < -0.4 is 20.1 Å². The van der Waals surface area contributed by atoms with Crippen molar-refractivity contribution in [1.29, 1.82) is 0 Å². The molecule has 0 aliphatic carbocycles. The number of rotatable bonds is 9. The molecule has 0 amide bonds. The lowest BCUT2D eigenvalue weighted by molar-refractivity contribution is 0.310. The van der Waals surface area contributed by atoms with Crippen molar-refractivity contribution in [2.75, 3.05) is 27.3 Å². The molecule has 0 aliphatic rings. The number of aryl methyl sites for hydroxylation is 1. The number of hydrogen-bond acceptors (Lipinski definition) is 5. The van der Waals surface area contributed by atoms with Crippen molar-refractivity contribution < 1.29 is 9.47 Å². The molecule has 6 nitrogen and oxygen atoms in total. The molecule has 150 valence electrons. The molecule has 0 saturated carbocycles. The quantitative estimate of drug-likeness (QED) is 0.310. The van der Waals surface area contributed by atoms with Gasteiger partial charge in [0.15, 0.2) is 17.5 Å². The number of hydrogen-bond donors (Lipinski definition) is 2. The van der Waals surface area contributed by atoms with Crippen LogP contribution in [0.2, 0.25) is 0 Å². The standard InChI is InChI=1S/C19H28N4O2S.HI/c1-5-15-13-22-18(26-15)9-10-21-19(20-3)23-12-14-7-8-16(24-4)17(11-14)25-6-2;/h7-8,11,13H,5-6,9-10,12H2,1-4H3,(H2,20,21,23);1H. The molecule has 0 atom stereocenters. The summed E-state index contributed by atoms with van der Waals surface area (Å²) in [5.74, 6) is 2.27. The number of nitrogens with zero attached hydrogens (tertiary/aromatic N) is 2. The van der Waals surface area contributed by atoms with E-state index in [0.29, 0.717) is 13.2 Å². The van der Waals surface area contributed by atoms with Crippen LogP contribution in [0.5, 0.6) is 11.5 Å². The average molecular weight is 504 g/mol. The zero-order chi connectivity index (χ0) is 18.8. The van der Waals surface area contributed by atoms with E-state index >= 15 is 0 Å². The first-order valence-corrected chi connectivity index (χ1v) is 9.69. The summed E-state index contributed by atoms with van der Waals surface area (Å²) in [6.07, 6.45) is 3.90. The van der Waals surface area contributed by atoms with E-state index in [0.717, 1.165) is 47.4 Å². The van der Waals surface area contributed by atoms with Gasteiger partial charge in [0, 0.05) is 37.6 Å². The predicted molar refractivity (Wildman–Crippen MR) is 123 cm³/mol. The molecule has 1 heterocycles. The highest BCUT2D eigenvalue weighted by Gasteiger charge is 2.06. The molecule has 8 heteroatoms.